The van der Waals surface area contributed by atoms with Crippen molar-refractivity contribution in [2.45, 2.75) is 63.1 Å². The maximum atomic E-state index is 13.8. The average molecular weight is 479 g/mol. The van der Waals surface area contributed by atoms with Crippen LogP contribution in [-0.2, 0) is 24.1 Å². The first kappa shape index (κ1) is 24.7. The fraction of sp³-hybridized carbons (Fsp3) is 0.500. The molecule has 0 bridgehead atoms. The molecule has 1 aromatic carbocycles. The molecule has 1 aliphatic heterocycles. The highest BCUT2D eigenvalue weighted by Crippen LogP contribution is 2.44. The van der Waals surface area contributed by atoms with Crippen LogP contribution in [0.5, 0.6) is 0 Å². The largest absolute Gasteiger partial charge is 0.381 e. The number of benzene rings is 1. The molecule has 1 fully saturated rings. The standard InChI is InChI=1S/C24H31ClN2O4S/c1-17(2)27(22(28)23(3,4)5)21-11-6-18(16-26-21)24(12-14-31-15-13-24)32(29,30)20-9-7-19(25)8-10-20/h6-11,16-17H,12-15H2,1-5H3. The van der Waals surface area contributed by atoms with Gasteiger partial charge in [-0.25, -0.2) is 13.4 Å². The number of rotatable bonds is 5. The number of ether oxygens (including phenoxy) is 1. The molecule has 0 radical (unpaired) electrons. The summed E-state index contributed by atoms with van der Waals surface area (Å²) in [6, 6.07) is 9.69. The SMILES string of the molecule is CC(C)N(C(=O)C(C)(C)C)c1ccc(C2(S(=O)(=O)c3ccc(Cl)cc3)CCOCC2)cn1. The van der Waals surface area contributed by atoms with Gasteiger partial charge in [-0.15, -0.1) is 0 Å². The van der Waals surface area contributed by atoms with Crippen molar-refractivity contribution in [3.63, 3.8) is 0 Å². The Bertz CT molecular complexity index is 1050. The fourth-order valence-corrected chi connectivity index (χ4v) is 6.22. The van der Waals surface area contributed by atoms with E-state index in [1.54, 1.807) is 47.5 Å². The van der Waals surface area contributed by atoms with Gasteiger partial charge in [-0.3, -0.25) is 9.69 Å². The van der Waals surface area contributed by atoms with Crippen molar-refractivity contribution < 1.29 is 17.9 Å². The average Bonchev–Trinajstić information content (AvgIpc) is 2.74. The maximum Gasteiger partial charge on any atom is 0.233 e. The molecule has 0 spiro atoms. The number of hydrogen-bond acceptors (Lipinski definition) is 5. The first-order chi connectivity index (χ1) is 14.9. The van der Waals surface area contributed by atoms with E-state index in [1.807, 2.05) is 34.6 Å². The third-order valence-electron chi connectivity index (χ3n) is 5.84. The lowest BCUT2D eigenvalue weighted by Crippen LogP contribution is -2.44. The Hall–Kier alpha value is -1.96. The maximum absolute atomic E-state index is 13.8. The second kappa shape index (κ2) is 9.12. The summed E-state index contributed by atoms with van der Waals surface area (Å²) in [5.74, 6) is 0.470. The van der Waals surface area contributed by atoms with Crippen molar-refractivity contribution >= 4 is 33.2 Å². The summed E-state index contributed by atoms with van der Waals surface area (Å²) in [7, 11) is -3.74. The van der Waals surface area contributed by atoms with Gasteiger partial charge in [0.15, 0.2) is 9.84 Å². The van der Waals surface area contributed by atoms with Gasteiger partial charge in [-0.05, 0) is 62.6 Å². The number of halogens is 1. The predicted octanol–water partition coefficient (Wildman–Crippen LogP) is 5.00. The van der Waals surface area contributed by atoms with Crippen molar-refractivity contribution in [3.05, 3.63) is 53.2 Å². The molecule has 1 amide bonds. The van der Waals surface area contributed by atoms with Crippen LogP contribution in [0.25, 0.3) is 0 Å². The molecule has 32 heavy (non-hydrogen) atoms. The molecule has 0 unspecified atom stereocenters. The van der Waals surface area contributed by atoms with E-state index in [0.717, 1.165) is 0 Å². The topological polar surface area (TPSA) is 76.6 Å². The number of amides is 1. The predicted molar refractivity (Wildman–Crippen MR) is 127 cm³/mol. The third-order valence-corrected chi connectivity index (χ3v) is 8.65. The van der Waals surface area contributed by atoms with E-state index in [2.05, 4.69) is 4.98 Å². The Balaban J connectivity index is 2.06. The molecule has 174 valence electrons. The Morgan fingerprint density at radius 3 is 2.16 bits per heavy atom. The van der Waals surface area contributed by atoms with Gasteiger partial charge in [-0.1, -0.05) is 38.4 Å². The summed E-state index contributed by atoms with van der Waals surface area (Å²) >= 11 is 5.97. The molecule has 6 nitrogen and oxygen atoms in total. The lowest BCUT2D eigenvalue weighted by atomic mass is 9.91. The van der Waals surface area contributed by atoms with Crippen LogP contribution >= 0.6 is 11.6 Å². The minimum Gasteiger partial charge on any atom is -0.381 e. The molecule has 0 N–H and O–H groups in total. The molecule has 2 aromatic rings. The van der Waals surface area contributed by atoms with E-state index in [4.69, 9.17) is 16.3 Å². The quantitative estimate of drug-likeness (QED) is 0.604. The Morgan fingerprint density at radius 1 is 1.09 bits per heavy atom. The van der Waals surface area contributed by atoms with Gasteiger partial charge in [0.2, 0.25) is 5.91 Å². The molecule has 0 aliphatic carbocycles. The lowest BCUT2D eigenvalue weighted by molar-refractivity contribution is -0.126. The Morgan fingerprint density at radius 2 is 1.69 bits per heavy atom. The van der Waals surface area contributed by atoms with Crippen LogP contribution in [0.15, 0.2) is 47.5 Å². The third kappa shape index (κ3) is 4.56. The minimum atomic E-state index is -3.74. The van der Waals surface area contributed by atoms with Crippen LogP contribution in [0.1, 0.15) is 53.0 Å². The summed E-state index contributed by atoms with van der Waals surface area (Å²) < 4.78 is 31.9. The first-order valence-corrected chi connectivity index (χ1v) is 12.6. The zero-order valence-corrected chi connectivity index (χ0v) is 20.8. The number of hydrogen-bond donors (Lipinski definition) is 0. The Labute approximate surface area is 195 Å². The number of carbonyl (C=O) groups is 1. The van der Waals surface area contributed by atoms with E-state index in [1.165, 1.54) is 0 Å². The number of nitrogens with zero attached hydrogens (tertiary/aromatic N) is 2. The van der Waals surface area contributed by atoms with Crippen molar-refractivity contribution in [1.29, 1.82) is 0 Å². The van der Waals surface area contributed by atoms with Crippen LogP contribution in [-0.4, -0.2) is 38.6 Å². The number of aromatic nitrogens is 1. The van der Waals surface area contributed by atoms with Gasteiger partial charge < -0.3 is 4.74 Å². The molecule has 2 heterocycles. The molecule has 1 saturated heterocycles. The summed E-state index contributed by atoms with van der Waals surface area (Å²) in [5, 5.41) is 0.480. The van der Waals surface area contributed by atoms with Gasteiger partial charge >= 0.3 is 0 Å². The smallest absolute Gasteiger partial charge is 0.233 e. The fourth-order valence-electron chi connectivity index (χ4n) is 4.02. The molecule has 8 heteroatoms. The van der Waals surface area contributed by atoms with Crippen molar-refractivity contribution in [3.8, 4) is 0 Å². The van der Waals surface area contributed by atoms with Gasteiger partial charge in [0.1, 0.15) is 10.6 Å². The summed E-state index contributed by atoms with van der Waals surface area (Å²) in [4.78, 5) is 19.4. The van der Waals surface area contributed by atoms with Crippen LogP contribution in [0, 0.1) is 5.41 Å². The normalized spacial score (nSPS) is 16.7. The molecule has 1 aromatic heterocycles. The number of anilines is 1. The van der Waals surface area contributed by atoms with E-state index in [9.17, 15) is 13.2 Å². The van der Waals surface area contributed by atoms with Crippen LogP contribution in [0.2, 0.25) is 5.02 Å². The van der Waals surface area contributed by atoms with E-state index < -0.39 is 20.0 Å². The van der Waals surface area contributed by atoms with Crippen molar-refractivity contribution in [2.24, 2.45) is 5.41 Å². The molecule has 0 atom stereocenters. The molecular formula is C24H31ClN2O4S. The molecule has 1 aliphatic rings. The van der Waals surface area contributed by atoms with Gasteiger partial charge in [-0.2, -0.15) is 0 Å². The van der Waals surface area contributed by atoms with Gasteiger partial charge in [0, 0.05) is 35.9 Å². The lowest BCUT2D eigenvalue weighted by Gasteiger charge is -2.37. The highest BCUT2D eigenvalue weighted by Gasteiger charge is 2.47. The minimum absolute atomic E-state index is 0.0395. The van der Waals surface area contributed by atoms with Crippen LogP contribution < -0.4 is 4.90 Å². The summed E-state index contributed by atoms with van der Waals surface area (Å²) in [6.07, 6.45) is 2.25. The van der Waals surface area contributed by atoms with E-state index in [-0.39, 0.29) is 16.8 Å². The van der Waals surface area contributed by atoms with Crippen LogP contribution in [0.4, 0.5) is 5.82 Å². The van der Waals surface area contributed by atoms with Gasteiger partial charge in [0.05, 0.1) is 4.90 Å². The highest BCUT2D eigenvalue weighted by atomic mass is 35.5. The van der Waals surface area contributed by atoms with E-state index in [0.29, 0.717) is 42.5 Å². The summed E-state index contributed by atoms with van der Waals surface area (Å²) in [5.41, 5.74) is 0.0382. The first-order valence-electron chi connectivity index (χ1n) is 10.8. The van der Waals surface area contributed by atoms with Gasteiger partial charge in [0.25, 0.3) is 0 Å². The zero-order chi connectivity index (χ0) is 23.7. The molecule has 3 rings (SSSR count). The van der Waals surface area contributed by atoms with Crippen molar-refractivity contribution in [2.75, 3.05) is 18.1 Å². The summed E-state index contributed by atoms with van der Waals surface area (Å²) in [6.45, 7) is 10.2. The van der Waals surface area contributed by atoms with Crippen molar-refractivity contribution in [1.82, 2.24) is 4.98 Å². The Kier molecular flexibility index (Phi) is 7.03. The van der Waals surface area contributed by atoms with Crippen LogP contribution in [0.3, 0.4) is 0 Å². The molecular weight excluding hydrogens is 448 g/mol. The highest BCUT2D eigenvalue weighted by molar-refractivity contribution is 7.92. The monoisotopic (exact) mass is 478 g/mol. The number of carbonyl (C=O) groups excluding carboxylic acids is 1. The van der Waals surface area contributed by atoms with E-state index >= 15 is 0 Å². The second-order valence-corrected chi connectivity index (χ2v) is 12.2. The number of pyridine rings is 1. The number of sulfone groups is 1. The zero-order valence-electron chi connectivity index (χ0n) is 19.3. The second-order valence-electron chi connectivity index (χ2n) is 9.49. The molecule has 0 saturated carbocycles.